The van der Waals surface area contributed by atoms with Gasteiger partial charge in [-0.15, -0.1) is 12.4 Å². The second kappa shape index (κ2) is 34.2. The van der Waals surface area contributed by atoms with Crippen LogP contribution >= 0.6 is 12.4 Å². The van der Waals surface area contributed by atoms with Crippen molar-refractivity contribution >= 4 is 12.4 Å². The lowest BCUT2D eigenvalue weighted by molar-refractivity contribution is -0.0136. The highest BCUT2D eigenvalue weighted by Gasteiger charge is 2.06. The van der Waals surface area contributed by atoms with Gasteiger partial charge in [0.2, 0.25) is 0 Å². The normalized spacial score (nSPS) is 12.1. The Balaban J connectivity index is 0. The number of hydrogen-bond donors (Lipinski definition) is 1. The van der Waals surface area contributed by atoms with Crippen molar-refractivity contribution in [1.82, 2.24) is 0 Å². The molecule has 1 atom stereocenters. The molecule has 0 aliphatic carbocycles. The van der Waals surface area contributed by atoms with Gasteiger partial charge >= 0.3 is 0 Å². The van der Waals surface area contributed by atoms with Crippen molar-refractivity contribution in [3.63, 3.8) is 0 Å². The summed E-state index contributed by atoms with van der Waals surface area (Å²) in [5.74, 6) is 0. The molecule has 214 valence electrons. The Kier molecular flexibility index (Phi) is 36.4. The molecule has 0 spiro atoms. The average molecular weight is 520 g/mol. The molecule has 35 heavy (non-hydrogen) atoms. The lowest BCUT2D eigenvalue weighted by atomic mass is 10.1. The second-order valence-corrected chi connectivity index (χ2v) is 10.6. The molecule has 0 aliphatic heterocycles. The average Bonchev–Trinajstić information content (AvgIpc) is 2.85. The predicted octanol–water partition coefficient (Wildman–Crippen LogP) is 10.2. The van der Waals surface area contributed by atoms with Crippen LogP contribution in [0, 0.1) is 0 Å². The van der Waals surface area contributed by atoms with Gasteiger partial charge in [-0.1, -0.05) is 155 Å². The molecule has 0 radical (unpaired) electrons. The van der Waals surface area contributed by atoms with Gasteiger partial charge in [-0.2, -0.15) is 0 Å². The summed E-state index contributed by atoms with van der Waals surface area (Å²) < 4.78 is 11.8. The van der Waals surface area contributed by atoms with E-state index < -0.39 is 0 Å². The zero-order chi connectivity index (χ0) is 24.8. The molecule has 0 aromatic rings. The number of rotatable bonds is 30. The molecule has 0 aromatic carbocycles. The Morgan fingerprint density at radius 2 is 0.771 bits per heavy atom. The van der Waals surface area contributed by atoms with Crippen LogP contribution in [0.4, 0.5) is 0 Å². The second-order valence-electron chi connectivity index (χ2n) is 10.6. The molecular formula is C31H66ClNO2. The first kappa shape index (κ1) is 37.3. The number of ether oxygens (including phenoxy) is 2. The molecular weight excluding hydrogens is 454 g/mol. The van der Waals surface area contributed by atoms with Gasteiger partial charge in [0.15, 0.2) is 0 Å². The fourth-order valence-corrected chi connectivity index (χ4v) is 4.64. The van der Waals surface area contributed by atoms with E-state index >= 15 is 0 Å². The van der Waals surface area contributed by atoms with Crippen LogP contribution in [0.2, 0.25) is 0 Å². The smallest absolute Gasteiger partial charge is 0.0930 e. The van der Waals surface area contributed by atoms with Crippen LogP contribution in [-0.4, -0.2) is 32.5 Å². The lowest BCUT2D eigenvalue weighted by Crippen LogP contribution is -2.29. The van der Waals surface area contributed by atoms with Crippen LogP contribution in [-0.2, 0) is 9.47 Å². The number of halogens is 1. The molecule has 0 aromatic heterocycles. The van der Waals surface area contributed by atoms with Gasteiger partial charge in [-0.05, 0) is 12.8 Å². The maximum absolute atomic E-state index is 5.95. The van der Waals surface area contributed by atoms with Crippen molar-refractivity contribution in [2.24, 2.45) is 5.73 Å². The number of nitrogens with two attached hydrogens (primary N) is 1. The Hall–Kier alpha value is 0.170. The minimum absolute atomic E-state index is 0. The predicted molar refractivity (Wildman–Crippen MR) is 159 cm³/mol. The molecule has 4 heteroatoms. The van der Waals surface area contributed by atoms with Gasteiger partial charge in [0, 0.05) is 19.8 Å². The third-order valence-electron chi connectivity index (χ3n) is 7.06. The fraction of sp³-hybridized carbons (Fsp3) is 1.00. The summed E-state index contributed by atoms with van der Waals surface area (Å²) in [4.78, 5) is 0. The minimum atomic E-state index is 0. The minimum Gasteiger partial charge on any atom is -0.379 e. The van der Waals surface area contributed by atoms with Gasteiger partial charge in [0.25, 0.3) is 0 Å². The van der Waals surface area contributed by atoms with Crippen LogP contribution in [0.15, 0.2) is 0 Å². The van der Waals surface area contributed by atoms with Crippen molar-refractivity contribution < 1.29 is 9.47 Å². The van der Waals surface area contributed by atoms with Crippen LogP contribution in [0.25, 0.3) is 0 Å². The molecule has 0 unspecified atom stereocenters. The van der Waals surface area contributed by atoms with E-state index in [0.29, 0.717) is 13.2 Å². The molecule has 0 aliphatic rings. The SMILES string of the molecule is CCCCCCCCCCCCCCOC[C@H](CN)OCCCCCCCCCCCCCC.Cl. The van der Waals surface area contributed by atoms with Crippen molar-refractivity contribution in [3.8, 4) is 0 Å². The Labute approximate surface area is 227 Å². The Morgan fingerprint density at radius 3 is 1.11 bits per heavy atom. The van der Waals surface area contributed by atoms with E-state index in [1.807, 2.05) is 0 Å². The molecule has 2 N–H and O–H groups in total. The van der Waals surface area contributed by atoms with Crippen molar-refractivity contribution in [2.45, 2.75) is 174 Å². The van der Waals surface area contributed by atoms with Crippen molar-refractivity contribution in [1.29, 1.82) is 0 Å². The summed E-state index contributed by atoms with van der Waals surface area (Å²) in [5.41, 5.74) is 5.87. The molecule has 0 rings (SSSR count). The van der Waals surface area contributed by atoms with Gasteiger partial charge in [0.05, 0.1) is 12.7 Å². The van der Waals surface area contributed by atoms with E-state index in [2.05, 4.69) is 13.8 Å². The van der Waals surface area contributed by atoms with E-state index in [9.17, 15) is 0 Å². The van der Waals surface area contributed by atoms with Gasteiger partial charge in [-0.3, -0.25) is 0 Å². The molecule has 0 saturated heterocycles. The third kappa shape index (κ3) is 32.1. The summed E-state index contributed by atoms with van der Waals surface area (Å²) in [6.07, 6.45) is 33.2. The topological polar surface area (TPSA) is 44.5 Å². The summed E-state index contributed by atoms with van der Waals surface area (Å²) in [6, 6.07) is 0. The van der Waals surface area contributed by atoms with E-state index in [0.717, 1.165) is 19.6 Å². The van der Waals surface area contributed by atoms with E-state index in [1.165, 1.54) is 148 Å². The monoisotopic (exact) mass is 519 g/mol. The van der Waals surface area contributed by atoms with E-state index in [1.54, 1.807) is 0 Å². The highest BCUT2D eigenvalue weighted by Crippen LogP contribution is 2.13. The quantitative estimate of drug-likeness (QED) is 0.0959. The van der Waals surface area contributed by atoms with E-state index in [4.69, 9.17) is 15.2 Å². The highest BCUT2D eigenvalue weighted by atomic mass is 35.5. The maximum atomic E-state index is 5.95. The van der Waals surface area contributed by atoms with Gasteiger partial charge in [-0.25, -0.2) is 0 Å². The van der Waals surface area contributed by atoms with Crippen molar-refractivity contribution in [3.05, 3.63) is 0 Å². The summed E-state index contributed by atoms with van der Waals surface area (Å²) in [6.45, 7) is 7.49. The molecule has 0 bridgehead atoms. The summed E-state index contributed by atoms with van der Waals surface area (Å²) in [5, 5.41) is 0. The summed E-state index contributed by atoms with van der Waals surface area (Å²) in [7, 11) is 0. The zero-order valence-corrected chi connectivity index (χ0v) is 25.0. The van der Waals surface area contributed by atoms with E-state index in [-0.39, 0.29) is 18.5 Å². The first-order valence-electron chi connectivity index (χ1n) is 15.7. The zero-order valence-electron chi connectivity index (χ0n) is 24.2. The van der Waals surface area contributed by atoms with Crippen LogP contribution in [0.3, 0.4) is 0 Å². The molecule has 0 fully saturated rings. The lowest BCUT2D eigenvalue weighted by Gasteiger charge is -2.16. The molecule has 3 nitrogen and oxygen atoms in total. The first-order chi connectivity index (χ1) is 16.8. The molecule has 0 saturated carbocycles. The number of unbranched alkanes of at least 4 members (excludes halogenated alkanes) is 22. The largest absolute Gasteiger partial charge is 0.379 e. The fourth-order valence-electron chi connectivity index (χ4n) is 4.64. The molecule has 0 heterocycles. The Bertz CT molecular complexity index is 357. The molecule has 0 amide bonds. The van der Waals surface area contributed by atoms with Crippen LogP contribution in [0.1, 0.15) is 168 Å². The third-order valence-corrected chi connectivity index (χ3v) is 7.06. The van der Waals surface area contributed by atoms with Crippen molar-refractivity contribution in [2.75, 3.05) is 26.4 Å². The highest BCUT2D eigenvalue weighted by molar-refractivity contribution is 5.85. The van der Waals surface area contributed by atoms with Gasteiger partial charge in [0.1, 0.15) is 0 Å². The number of hydrogen-bond acceptors (Lipinski definition) is 3. The Morgan fingerprint density at radius 1 is 0.457 bits per heavy atom. The maximum Gasteiger partial charge on any atom is 0.0930 e. The van der Waals surface area contributed by atoms with Gasteiger partial charge < -0.3 is 15.2 Å². The standard InChI is InChI=1S/C31H65NO2.ClH/c1-3-5-7-9-11-13-15-17-19-21-23-25-27-33-30-31(29-32)34-28-26-24-22-20-18-16-14-12-10-8-6-4-2;/h31H,3-30,32H2,1-2H3;1H/t31-;/m0./s1. The summed E-state index contributed by atoms with van der Waals surface area (Å²) >= 11 is 0. The van der Waals surface area contributed by atoms with Crippen LogP contribution in [0.5, 0.6) is 0 Å². The first-order valence-corrected chi connectivity index (χ1v) is 15.7. The van der Waals surface area contributed by atoms with Crippen LogP contribution < -0.4 is 5.73 Å².